The molecule has 1 atom stereocenters. The summed E-state index contributed by atoms with van der Waals surface area (Å²) < 4.78 is 25.3. The third-order valence-corrected chi connectivity index (χ3v) is 9.54. The van der Waals surface area contributed by atoms with Crippen LogP contribution in [0.4, 0.5) is 0 Å². The van der Waals surface area contributed by atoms with Gasteiger partial charge in [0.15, 0.2) is 16.3 Å². The van der Waals surface area contributed by atoms with E-state index in [1.54, 1.807) is 43.3 Å². The fourth-order valence-corrected chi connectivity index (χ4v) is 7.13. The maximum absolute atomic E-state index is 14.3. The van der Waals surface area contributed by atoms with Crippen LogP contribution in [0.3, 0.4) is 0 Å². The van der Waals surface area contributed by atoms with Crippen LogP contribution in [-0.4, -0.2) is 35.0 Å². The molecule has 49 heavy (non-hydrogen) atoms. The van der Waals surface area contributed by atoms with Gasteiger partial charge in [-0.15, -0.1) is 0 Å². The van der Waals surface area contributed by atoms with Crippen molar-refractivity contribution < 1.29 is 33.6 Å². The molecule has 2 aliphatic rings. The maximum atomic E-state index is 14.3. The fourth-order valence-electron chi connectivity index (χ4n) is 5.62. The lowest BCUT2D eigenvalue weighted by atomic mass is 9.93. The number of aromatic carboxylic acids is 1. The molecule has 0 unspecified atom stereocenters. The van der Waals surface area contributed by atoms with Gasteiger partial charge in [0, 0.05) is 5.56 Å². The minimum atomic E-state index is -0.988. The summed E-state index contributed by atoms with van der Waals surface area (Å²) in [6.07, 6.45) is 1.77. The highest BCUT2D eigenvalue weighted by Crippen LogP contribution is 2.40. The zero-order chi connectivity index (χ0) is 34.1. The Labute approximate surface area is 291 Å². The zero-order valence-corrected chi connectivity index (χ0v) is 28.3. The summed E-state index contributed by atoms with van der Waals surface area (Å²) in [6, 6.07) is 25.8. The van der Waals surface area contributed by atoms with Crippen molar-refractivity contribution in [1.82, 2.24) is 4.57 Å². The molecule has 0 radical (unpaired) electrons. The molecule has 0 fully saturated rings. The van der Waals surface area contributed by atoms with Crippen LogP contribution >= 0.6 is 27.3 Å². The number of hydrogen-bond donors (Lipinski definition) is 1. The van der Waals surface area contributed by atoms with Gasteiger partial charge < -0.3 is 24.1 Å². The topological polar surface area (TPSA) is 126 Å². The summed E-state index contributed by atoms with van der Waals surface area (Å²) in [5.41, 5.74) is 3.47. The Bertz CT molecular complexity index is 2310. The third kappa shape index (κ3) is 6.40. The largest absolute Gasteiger partial charge is 0.488 e. The van der Waals surface area contributed by atoms with E-state index in [1.807, 2.05) is 48.5 Å². The number of ether oxygens (including phenoxy) is 4. The smallest absolute Gasteiger partial charge is 0.338 e. The SMILES string of the molecule is CCOC(=O)C1=C(c2ccccc2)N=c2s/c(=C/c3ccc(OCc4ccc(C(=O)O)cc4)c(Br)c3)c(=O)n2[C@H]1c1ccc2c(c1)OCO2. The number of carboxylic acid groups (broad SMARTS) is 1. The van der Waals surface area contributed by atoms with Crippen molar-refractivity contribution in [2.24, 2.45) is 4.99 Å². The minimum Gasteiger partial charge on any atom is -0.488 e. The van der Waals surface area contributed by atoms with E-state index in [1.165, 1.54) is 28.0 Å². The Hall–Kier alpha value is -5.46. The first-order valence-electron chi connectivity index (χ1n) is 15.2. The van der Waals surface area contributed by atoms with Gasteiger partial charge in [-0.2, -0.15) is 0 Å². The van der Waals surface area contributed by atoms with Crippen LogP contribution in [0.15, 0.2) is 111 Å². The first-order valence-corrected chi connectivity index (χ1v) is 16.8. The van der Waals surface area contributed by atoms with Gasteiger partial charge in [-0.3, -0.25) is 9.36 Å². The summed E-state index contributed by atoms with van der Waals surface area (Å²) in [6.45, 7) is 2.20. The predicted octanol–water partition coefficient (Wildman–Crippen LogP) is 5.70. The van der Waals surface area contributed by atoms with E-state index in [-0.39, 0.29) is 36.7 Å². The molecule has 0 bridgehead atoms. The summed E-state index contributed by atoms with van der Waals surface area (Å²) in [5, 5.41) is 9.13. The second-order valence-corrected chi connectivity index (χ2v) is 12.9. The van der Waals surface area contributed by atoms with Crippen LogP contribution in [0.25, 0.3) is 11.8 Å². The summed E-state index contributed by atoms with van der Waals surface area (Å²) in [4.78, 5) is 44.4. The lowest BCUT2D eigenvalue weighted by Gasteiger charge is -2.26. The highest BCUT2D eigenvalue weighted by atomic mass is 79.9. The van der Waals surface area contributed by atoms with Crippen LogP contribution in [0.1, 0.15) is 45.6 Å². The van der Waals surface area contributed by atoms with E-state index in [0.717, 1.165) is 11.1 Å². The number of benzene rings is 4. The highest BCUT2D eigenvalue weighted by Gasteiger charge is 2.36. The number of aromatic nitrogens is 1. The Kier molecular flexibility index (Phi) is 8.89. The lowest BCUT2D eigenvalue weighted by Crippen LogP contribution is -2.40. The second-order valence-electron chi connectivity index (χ2n) is 11.0. The Balaban J connectivity index is 1.30. The number of fused-ring (bicyclic) bond motifs is 2. The van der Waals surface area contributed by atoms with Gasteiger partial charge in [0.2, 0.25) is 6.79 Å². The van der Waals surface area contributed by atoms with E-state index < -0.39 is 18.0 Å². The van der Waals surface area contributed by atoms with Crippen LogP contribution in [-0.2, 0) is 16.1 Å². The molecule has 0 spiro atoms. The molecule has 4 aromatic carbocycles. The molecule has 0 saturated carbocycles. The Morgan fingerprint density at radius 3 is 2.53 bits per heavy atom. The molecule has 12 heteroatoms. The van der Waals surface area contributed by atoms with Crippen molar-refractivity contribution in [3.05, 3.63) is 149 Å². The molecule has 0 aliphatic carbocycles. The Morgan fingerprint density at radius 2 is 1.80 bits per heavy atom. The molecule has 3 heterocycles. The quantitative estimate of drug-likeness (QED) is 0.191. The molecule has 7 rings (SSSR count). The van der Waals surface area contributed by atoms with Gasteiger partial charge in [0.1, 0.15) is 12.4 Å². The average molecular weight is 740 g/mol. The number of thiazole rings is 1. The van der Waals surface area contributed by atoms with E-state index >= 15 is 0 Å². The standard InChI is InChI=1S/C37H27BrN2O8S/c1-2-45-36(44)31-32(23-6-4-3-5-7-23)39-37-40(33(31)25-13-15-28-29(18-25)48-20-47-28)34(41)30(49-37)17-22-10-14-27(26(38)16-22)46-19-21-8-11-24(12-9-21)35(42)43/h3-18,33H,2,19-20H2,1H3,(H,42,43)/b30-17+/t33-/m0/s1. The van der Waals surface area contributed by atoms with Crippen LogP contribution in [0.2, 0.25) is 0 Å². The third-order valence-electron chi connectivity index (χ3n) is 7.93. The number of carbonyl (C=O) groups excluding carboxylic acids is 1. The molecule has 10 nitrogen and oxygen atoms in total. The number of nitrogens with zero attached hydrogens (tertiary/aromatic N) is 2. The number of carboxylic acids is 1. The number of esters is 1. The van der Waals surface area contributed by atoms with Crippen LogP contribution in [0.5, 0.6) is 17.2 Å². The average Bonchev–Trinajstić information content (AvgIpc) is 3.71. The van der Waals surface area contributed by atoms with Gasteiger partial charge in [0.05, 0.1) is 38.5 Å². The molecular weight excluding hydrogens is 712 g/mol. The van der Waals surface area contributed by atoms with Gasteiger partial charge in [-0.25, -0.2) is 14.6 Å². The van der Waals surface area contributed by atoms with Crippen molar-refractivity contribution in [3.63, 3.8) is 0 Å². The van der Waals surface area contributed by atoms with Crippen molar-refractivity contribution in [2.45, 2.75) is 19.6 Å². The number of carbonyl (C=O) groups is 2. The number of hydrogen-bond acceptors (Lipinski definition) is 9. The van der Waals surface area contributed by atoms with E-state index in [2.05, 4.69) is 15.9 Å². The summed E-state index contributed by atoms with van der Waals surface area (Å²) in [7, 11) is 0. The second kappa shape index (κ2) is 13.6. The maximum Gasteiger partial charge on any atom is 0.338 e. The minimum absolute atomic E-state index is 0.0800. The van der Waals surface area contributed by atoms with Gasteiger partial charge in [0.25, 0.3) is 5.56 Å². The first kappa shape index (κ1) is 32.1. The van der Waals surface area contributed by atoms with Gasteiger partial charge in [-0.1, -0.05) is 65.9 Å². The lowest BCUT2D eigenvalue weighted by molar-refractivity contribution is -0.138. The van der Waals surface area contributed by atoms with Gasteiger partial charge >= 0.3 is 11.9 Å². The summed E-state index contributed by atoms with van der Waals surface area (Å²) >= 11 is 4.80. The molecule has 1 N–H and O–H groups in total. The molecule has 0 saturated heterocycles. The predicted molar refractivity (Wildman–Crippen MR) is 186 cm³/mol. The van der Waals surface area contributed by atoms with Crippen LogP contribution < -0.4 is 29.1 Å². The molecule has 246 valence electrons. The molecule has 5 aromatic rings. The molecule has 0 amide bonds. The Morgan fingerprint density at radius 1 is 1.02 bits per heavy atom. The van der Waals surface area contributed by atoms with Crippen LogP contribution in [0, 0.1) is 0 Å². The monoisotopic (exact) mass is 738 g/mol. The van der Waals surface area contributed by atoms with Crippen molar-refractivity contribution >= 4 is 51.0 Å². The summed E-state index contributed by atoms with van der Waals surface area (Å²) in [5.74, 6) is 0.119. The molecule has 1 aromatic heterocycles. The van der Waals surface area contributed by atoms with E-state index in [4.69, 9.17) is 29.0 Å². The van der Waals surface area contributed by atoms with E-state index in [0.29, 0.717) is 47.9 Å². The number of halogens is 1. The zero-order valence-electron chi connectivity index (χ0n) is 25.9. The van der Waals surface area contributed by atoms with Crippen molar-refractivity contribution in [2.75, 3.05) is 13.4 Å². The van der Waals surface area contributed by atoms with Crippen molar-refractivity contribution in [3.8, 4) is 17.2 Å². The molecular formula is C37H27BrN2O8S. The van der Waals surface area contributed by atoms with Gasteiger partial charge in [-0.05, 0) is 82.0 Å². The fraction of sp³-hybridized carbons (Fsp3) is 0.135. The molecule has 2 aliphatic heterocycles. The van der Waals surface area contributed by atoms with E-state index in [9.17, 15) is 14.4 Å². The van der Waals surface area contributed by atoms with Crippen molar-refractivity contribution in [1.29, 1.82) is 0 Å². The highest BCUT2D eigenvalue weighted by molar-refractivity contribution is 9.10. The normalized spacial score (nSPS) is 15.1. The number of rotatable bonds is 9. The first-order chi connectivity index (χ1) is 23.8.